The van der Waals surface area contributed by atoms with E-state index in [0.717, 1.165) is 0 Å². The summed E-state index contributed by atoms with van der Waals surface area (Å²) in [6.07, 6.45) is 5.88. The Labute approximate surface area is 86.5 Å². The molecule has 0 saturated carbocycles. The first kappa shape index (κ1) is 9.87. The van der Waals surface area contributed by atoms with Gasteiger partial charge in [0.1, 0.15) is 0 Å². The molecule has 1 aliphatic rings. The van der Waals surface area contributed by atoms with E-state index in [0.29, 0.717) is 0 Å². The quantitative estimate of drug-likeness (QED) is 0.693. The second-order valence-electron chi connectivity index (χ2n) is 3.97. The van der Waals surface area contributed by atoms with Crippen molar-refractivity contribution in [3.8, 4) is 0 Å². The summed E-state index contributed by atoms with van der Waals surface area (Å²) in [6.45, 7) is 0. The van der Waals surface area contributed by atoms with E-state index in [1.165, 1.54) is 36.7 Å². The van der Waals surface area contributed by atoms with Crippen LogP contribution in [0.15, 0.2) is 24.4 Å². The van der Waals surface area contributed by atoms with Crippen LogP contribution < -0.4 is 5.32 Å². The minimum Gasteiger partial charge on any atom is -0.414 e. The maximum absolute atomic E-state index is 5.84. The monoisotopic (exact) mass is 207 g/mol. The zero-order chi connectivity index (χ0) is 9.86. The van der Waals surface area contributed by atoms with Crippen LogP contribution in [0.1, 0.15) is 19.3 Å². The summed E-state index contributed by atoms with van der Waals surface area (Å²) in [5.74, 6) is 0. The van der Waals surface area contributed by atoms with Crippen LogP contribution in [-0.4, -0.2) is 20.4 Å². The van der Waals surface area contributed by atoms with Crippen LogP contribution in [0.25, 0.3) is 0 Å². The van der Waals surface area contributed by atoms with Crippen molar-refractivity contribution < 1.29 is 4.43 Å². The van der Waals surface area contributed by atoms with Crippen LogP contribution in [0.2, 0.25) is 12.1 Å². The van der Waals surface area contributed by atoms with Crippen LogP contribution in [0.4, 0.5) is 0 Å². The molecule has 1 aromatic heterocycles. The second kappa shape index (κ2) is 4.23. The number of hydrogen-bond acceptors (Lipinski definition) is 2. The Balaban J connectivity index is 2.27. The van der Waals surface area contributed by atoms with Gasteiger partial charge in [-0.05, 0) is 24.2 Å². The highest BCUT2D eigenvalue weighted by molar-refractivity contribution is 6.86. The van der Waals surface area contributed by atoms with E-state index in [2.05, 4.69) is 17.1 Å². The lowest BCUT2D eigenvalue weighted by molar-refractivity contribution is 0.389. The molecule has 3 heteroatoms. The fourth-order valence-corrected chi connectivity index (χ4v) is 6.05. The molecule has 0 aromatic carbocycles. The Hall–Kier alpha value is -0.673. The molecule has 1 aromatic rings. The molecule has 0 amide bonds. The van der Waals surface area contributed by atoms with Gasteiger partial charge in [-0.2, -0.15) is 0 Å². The minimum atomic E-state index is -1.64. The average molecular weight is 207 g/mol. The average Bonchev–Trinajstić information content (AvgIpc) is 2.31. The highest BCUT2D eigenvalue weighted by Gasteiger charge is 2.38. The van der Waals surface area contributed by atoms with Gasteiger partial charge < -0.3 is 4.43 Å². The predicted octanol–water partition coefficient (Wildman–Crippen LogP) is 2.06. The second-order valence-corrected chi connectivity index (χ2v) is 7.88. The molecule has 0 unspecified atom stereocenters. The fraction of sp³-hybridized carbons (Fsp3) is 0.545. The Bertz CT molecular complexity index is 283. The molecule has 1 saturated heterocycles. The standard InChI is InChI=1S/C11H17NOSi/c1-13-14(9-5-2-6-10-14)11-7-3-4-8-12-11/h3-4,7-8H,2,5-6,9-10H2,1H3. The summed E-state index contributed by atoms with van der Waals surface area (Å²) >= 11 is 0. The summed E-state index contributed by atoms with van der Waals surface area (Å²) in [5, 5.41) is 1.24. The van der Waals surface area contributed by atoms with Crippen molar-refractivity contribution in [2.75, 3.05) is 7.11 Å². The molecule has 0 atom stereocenters. The highest BCUT2D eigenvalue weighted by Crippen LogP contribution is 2.28. The van der Waals surface area contributed by atoms with Gasteiger partial charge in [0.2, 0.25) is 8.32 Å². The number of rotatable bonds is 2. The zero-order valence-electron chi connectivity index (χ0n) is 8.70. The van der Waals surface area contributed by atoms with Gasteiger partial charge in [-0.1, -0.05) is 25.3 Å². The lowest BCUT2D eigenvalue weighted by atomic mass is 10.3. The first-order chi connectivity index (χ1) is 6.87. The summed E-state index contributed by atoms with van der Waals surface area (Å²) in [5.41, 5.74) is 0. The molecule has 0 bridgehead atoms. The molecule has 1 aliphatic heterocycles. The molecule has 2 nitrogen and oxygen atoms in total. The van der Waals surface area contributed by atoms with Crippen LogP contribution in [0.5, 0.6) is 0 Å². The zero-order valence-corrected chi connectivity index (χ0v) is 9.70. The molecule has 1 fully saturated rings. The van der Waals surface area contributed by atoms with Gasteiger partial charge in [-0.3, -0.25) is 4.98 Å². The molecule has 2 rings (SSSR count). The minimum absolute atomic E-state index is 1.24. The van der Waals surface area contributed by atoms with E-state index in [-0.39, 0.29) is 0 Å². The third-order valence-corrected chi connectivity index (χ3v) is 7.52. The van der Waals surface area contributed by atoms with Crippen molar-refractivity contribution in [3.05, 3.63) is 24.4 Å². The summed E-state index contributed by atoms with van der Waals surface area (Å²) < 4.78 is 5.84. The Morgan fingerprint density at radius 3 is 2.57 bits per heavy atom. The van der Waals surface area contributed by atoms with Gasteiger partial charge in [0, 0.05) is 13.3 Å². The molecule has 0 spiro atoms. The van der Waals surface area contributed by atoms with Crippen molar-refractivity contribution in [1.29, 1.82) is 0 Å². The third kappa shape index (κ3) is 1.74. The molecule has 0 N–H and O–H groups in total. The molecular weight excluding hydrogens is 190 g/mol. The van der Waals surface area contributed by atoms with Gasteiger partial charge in [0.05, 0.1) is 5.32 Å². The Morgan fingerprint density at radius 2 is 2.00 bits per heavy atom. The molecule has 0 aliphatic carbocycles. The van der Waals surface area contributed by atoms with E-state index < -0.39 is 8.32 Å². The van der Waals surface area contributed by atoms with E-state index in [1.807, 2.05) is 19.4 Å². The first-order valence-corrected chi connectivity index (χ1v) is 7.66. The number of aromatic nitrogens is 1. The van der Waals surface area contributed by atoms with Crippen molar-refractivity contribution in [1.82, 2.24) is 4.98 Å². The number of hydrogen-bond donors (Lipinski definition) is 0. The lowest BCUT2D eigenvalue weighted by Crippen LogP contribution is -2.52. The smallest absolute Gasteiger partial charge is 0.242 e. The van der Waals surface area contributed by atoms with E-state index in [9.17, 15) is 0 Å². The molecule has 0 radical (unpaired) electrons. The van der Waals surface area contributed by atoms with Crippen molar-refractivity contribution >= 4 is 13.6 Å². The van der Waals surface area contributed by atoms with E-state index in [1.54, 1.807) is 0 Å². The van der Waals surface area contributed by atoms with Gasteiger partial charge in [-0.25, -0.2) is 0 Å². The molecule has 2 heterocycles. The lowest BCUT2D eigenvalue weighted by Gasteiger charge is -2.32. The van der Waals surface area contributed by atoms with E-state index in [4.69, 9.17) is 4.43 Å². The Kier molecular flexibility index (Phi) is 2.98. The van der Waals surface area contributed by atoms with Gasteiger partial charge in [0.25, 0.3) is 0 Å². The molecule has 14 heavy (non-hydrogen) atoms. The van der Waals surface area contributed by atoms with Crippen LogP contribution in [0, 0.1) is 0 Å². The van der Waals surface area contributed by atoms with Crippen molar-refractivity contribution in [3.63, 3.8) is 0 Å². The van der Waals surface area contributed by atoms with Crippen LogP contribution >= 0.6 is 0 Å². The van der Waals surface area contributed by atoms with Gasteiger partial charge >= 0.3 is 0 Å². The van der Waals surface area contributed by atoms with E-state index >= 15 is 0 Å². The topological polar surface area (TPSA) is 22.1 Å². The normalized spacial score (nSPS) is 20.6. The first-order valence-electron chi connectivity index (χ1n) is 5.34. The highest BCUT2D eigenvalue weighted by atomic mass is 28.4. The molecular formula is C11H17NOSi. The Morgan fingerprint density at radius 1 is 1.21 bits per heavy atom. The SMILES string of the molecule is CO[Si]1(c2ccccn2)CCCCC1. The predicted molar refractivity (Wildman–Crippen MR) is 60.1 cm³/mol. The van der Waals surface area contributed by atoms with Crippen LogP contribution in [-0.2, 0) is 4.43 Å². The summed E-state index contributed by atoms with van der Waals surface area (Å²) in [6, 6.07) is 8.69. The summed E-state index contributed by atoms with van der Waals surface area (Å²) in [4.78, 5) is 4.48. The van der Waals surface area contributed by atoms with Crippen molar-refractivity contribution in [2.24, 2.45) is 0 Å². The number of pyridine rings is 1. The fourth-order valence-electron chi connectivity index (χ4n) is 2.32. The third-order valence-electron chi connectivity index (χ3n) is 3.18. The largest absolute Gasteiger partial charge is 0.414 e. The number of nitrogens with zero attached hydrogens (tertiary/aromatic N) is 1. The van der Waals surface area contributed by atoms with Crippen LogP contribution in [0.3, 0.4) is 0 Å². The van der Waals surface area contributed by atoms with Crippen molar-refractivity contribution in [2.45, 2.75) is 31.4 Å². The van der Waals surface area contributed by atoms with Gasteiger partial charge in [-0.15, -0.1) is 0 Å². The summed E-state index contributed by atoms with van der Waals surface area (Å²) in [7, 11) is 0.223. The van der Waals surface area contributed by atoms with Gasteiger partial charge in [0.15, 0.2) is 0 Å². The maximum atomic E-state index is 5.84. The molecule has 76 valence electrons. The maximum Gasteiger partial charge on any atom is 0.242 e.